The number of allylic oxidation sites excluding steroid dienone is 1. The Morgan fingerprint density at radius 1 is 1.24 bits per heavy atom. The van der Waals surface area contributed by atoms with E-state index in [1.165, 1.54) is 22.1 Å². The number of phenols is 1. The fourth-order valence-electron chi connectivity index (χ4n) is 4.02. The lowest BCUT2D eigenvalue weighted by atomic mass is 9.93. The van der Waals surface area contributed by atoms with Crippen LogP contribution in [-0.4, -0.2) is 21.5 Å². The lowest BCUT2D eigenvalue weighted by molar-refractivity contribution is 0.216. The second-order valence-corrected chi connectivity index (χ2v) is 6.88. The van der Waals surface area contributed by atoms with E-state index in [0.717, 1.165) is 30.6 Å². The Morgan fingerprint density at radius 3 is 2.80 bits per heavy atom. The van der Waals surface area contributed by atoms with Gasteiger partial charge >= 0.3 is 0 Å². The van der Waals surface area contributed by atoms with Crippen molar-refractivity contribution in [3.05, 3.63) is 77.0 Å². The second kappa shape index (κ2) is 6.41. The van der Waals surface area contributed by atoms with Gasteiger partial charge in [0.05, 0.1) is 6.04 Å². The third kappa shape index (κ3) is 2.75. The zero-order valence-electron chi connectivity index (χ0n) is 14.8. The van der Waals surface area contributed by atoms with Gasteiger partial charge in [0.1, 0.15) is 5.75 Å². The van der Waals surface area contributed by atoms with Crippen LogP contribution in [0.2, 0.25) is 0 Å². The van der Waals surface area contributed by atoms with Crippen LogP contribution in [0.1, 0.15) is 36.6 Å². The average molecular weight is 332 g/mol. The maximum atomic E-state index is 10.7. The van der Waals surface area contributed by atoms with E-state index in [2.05, 4.69) is 66.3 Å². The smallest absolute Gasteiger partial charge is 0.121 e. The molecule has 1 aliphatic rings. The highest BCUT2D eigenvalue weighted by Gasteiger charge is 2.30. The highest BCUT2D eigenvalue weighted by molar-refractivity contribution is 5.90. The van der Waals surface area contributed by atoms with Gasteiger partial charge in [-0.3, -0.25) is 4.90 Å². The number of aromatic hydroxyl groups is 1. The fourth-order valence-corrected chi connectivity index (χ4v) is 4.02. The summed E-state index contributed by atoms with van der Waals surface area (Å²) in [6.45, 7) is 6.08. The molecule has 1 unspecified atom stereocenters. The monoisotopic (exact) mass is 332 g/mol. The van der Waals surface area contributed by atoms with Crippen molar-refractivity contribution in [2.75, 3.05) is 6.54 Å². The standard InChI is InChI=1S/C22H24N2O/c1-3-15(2)22-21-19(25)10-9-18-20(21)17(13-23-18)11-12-24(22)14-16-7-5-4-6-8-16/h3-10,13,22-23,25H,11-12,14H2,1-2H3/b15-3+. The van der Waals surface area contributed by atoms with Crippen LogP contribution in [-0.2, 0) is 13.0 Å². The summed E-state index contributed by atoms with van der Waals surface area (Å²) in [5.74, 6) is 0.388. The first-order valence-corrected chi connectivity index (χ1v) is 8.91. The first-order valence-electron chi connectivity index (χ1n) is 8.91. The normalized spacial score (nSPS) is 18.5. The Balaban J connectivity index is 1.87. The highest BCUT2D eigenvalue weighted by Crippen LogP contribution is 2.43. The zero-order chi connectivity index (χ0) is 17.4. The van der Waals surface area contributed by atoms with Crippen molar-refractivity contribution in [1.29, 1.82) is 0 Å². The van der Waals surface area contributed by atoms with Crippen molar-refractivity contribution < 1.29 is 5.11 Å². The van der Waals surface area contributed by atoms with Crippen molar-refractivity contribution in [2.24, 2.45) is 0 Å². The molecule has 0 fully saturated rings. The molecule has 25 heavy (non-hydrogen) atoms. The number of benzene rings is 2. The van der Waals surface area contributed by atoms with Crippen LogP contribution in [0.5, 0.6) is 5.75 Å². The second-order valence-electron chi connectivity index (χ2n) is 6.88. The molecule has 3 nitrogen and oxygen atoms in total. The number of nitrogens with one attached hydrogen (secondary N) is 1. The molecule has 4 rings (SSSR count). The van der Waals surface area contributed by atoms with Crippen LogP contribution < -0.4 is 0 Å². The molecule has 0 spiro atoms. The largest absolute Gasteiger partial charge is 0.508 e. The molecular formula is C22H24N2O. The number of nitrogens with zero attached hydrogens (tertiary/aromatic N) is 1. The minimum absolute atomic E-state index is 0.0888. The lowest BCUT2D eigenvalue weighted by Gasteiger charge is -2.32. The summed E-state index contributed by atoms with van der Waals surface area (Å²) >= 11 is 0. The van der Waals surface area contributed by atoms with Gasteiger partial charge in [0.25, 0.3) is 0 Å². The minimum atomic E-state index is 0.0888. The van der Waals surface area contributed by atoms with E-state index >= 15 is 0 Å². The third-order valence-electron chi connectivity index (χ3n) is 5.37. The average Bonchev–Trinajstić information content (AvgIpc) is 2.97. The van der Waals surface area contributed by atoms with Crippen molar-refractivity contribution in [3.63, 3.8) is 0 Å². The SMILES string of the molecule is C/C=C(\C)C1c2c(O)ccc3[nH]cc(c23)CCN1Cc1ccccc1. The molecule has 0 bridgehead atoms. The summed E-state index contributed by atoms with van der Waals surface area (Å²) in [5.41, 5.74) is 6.02. The molecule has 2 heterocycles. The predicted molar refractivity (Wildman–Crippen MR) is 103 cm³/mol. The summed E-state index contributed by atoms with van der Waals surface area (Å²) < 4.78 is 0. The Kier molecular flexibility index (Phi) is 4.10. The Morgan fingerprint density at radius 2 is 2.04 bits per heavy atom. The lowest BCUT2D eigenvalue weighted by Crippen LogP contribution is -2.30. The summed E-state index contributed by atoms with van der Waals surface area (Å²) in [4.78, 5) is 5.85. The predicted octanol–water partition coefficient (Wildman–Crippen LogP) is 4.94. The maximum Gasteiger partial charge on any atom is 0.121 e. The molecule has 1 atom stereocenters. The number of aromatic amines is 1. The topological polar surface area (TPSA) is 39.3 Å². The number of rotatable bonds is 3. The van der Waals surface area contributed by atoms with Gasteiger partial charge in [0, 0.05) is 35.8 Å². The van der Waals surface area contributed by atoms with Gasteiger partial charge in [-0.25, -0.2) is 0 Å². The summed E-state index contributed by atoms with van der Waals surface area (Å²) in [5, 5.41) is 11.9. The maximum absolute atomic E-state index is 10.7. The van der Waals surface area contributed by atoms with Crippen LogP contribution in [0.15, 0.2) is 60.3 Å². The molecule has 0 aliphatic carbocycles. The fraction of sp³-hybridized carbons (Fsp3) is 0.273. The molecule has 2 aromatic carbocycles. The van der Waals surface area contributed by atoms with Gasteiger partial charge in [-0.1, -0.05) is 42.0 Å². The van der Waals surface area contributed by atoms with Crippen LogP contribution in [0, 0.1) is 0 Å². The number of phenolic OH excluding ortho intramolecular Hbond substituents is 1. The van der Waals surface area contributed by atoms with E-state index in [4.69, 9.17) is 0 Å². The van der Waals surface area contributed by atoms with Crippen LogP contribution in [0.25, 0.3) is 10.9 Å². The molecule has 2 N–H and O–H groups in total. The molecule has 1 aliphatic heterocycles. The molecule has 3 aromatic rings. The van der Waals surface area contributed by atoms with Crippen molar-refractivity contribution in [1.82, 2.24) is 9.88 Å². The first-order chi connectivity index (χ1) is 12.2. The van der Waals surface area contributed by atoms with Gasteiger partial charge < -0.3 is 10.1 Å². The Bertz CT molecular complexity index is 924. The number of hydrogen-bond donors (Lipinski definition) is 2. The van der Waals surface area contributed by atoms with Crippen LogP contribution >= 0.6 is 0 Å². The number of hydrogen-bond acceptors (Lipinski definition) is 2. The number of aromatic nitrogens is 1. The molecule has 3 heteroatoms. The molecular weight excluding hydrogens is 308 g/mol. The van der Waals surface area contributed by atoms with E-state index < -0.39 is 0 Å². The number of H-pyrrole nitrogens is 1. The van der Waals surface area contributed by atoms with E-state index in [-0.39, 0.29) is 6.04 Å². The molecule has 1 aromatic heterocycles. The molecule has 0 saturated heterocycles. The van der Waals surface area contributed by atoms with Gasteiger partial charge in [-0.15, -0.1) is 0 Å². The van der Waals surface area contributed by atoms with Crippen LogP contribution in [0.3, 0.4) is 0 Å². The van der Waals surface area contributed by atoms with Crippen molar-refractivity contribution in [2.45, 2.75) is 32.9 Å². The van der Waals surface area contributed by atoms with E-state index in [1.807, 2.05) is 12.1 Å². The summed E-state index contributed by atoms with van der Waals surface area (Å²) in [7, 11) is 0. The minimum Gasteiger partial charge on any atom is -0.508 e. The van der Waals surface area contributed by atoms with Gasteiger partial charge in [-0.05, 0) is 43.5 Å². The van der Waals surface area contributed by atoms with Crippen molar-refractivity contribution in [3.8, 4) is 5.75 Å². The van der Waals surface area contributed by atoms with E-state index in [1.54, 1.807) is 0 Å². The summed E-state index contributed by atoms with van der Waals surface area (Å²) in [6, 6.07) is 14.5. The van der Waals surface area contributed by atoms with Crippen LogP contribution in [0.4, 0.5) is 0 Å². The van der Waals surface area contributed by atoms with Gasteiger partial charge in [-0.2, -0.15) is 0 Å². The van der Waals surface area contributed by atoms with E-state index in [0.29, 0.717) is 5.75 Å². The van der Waals surface area contributed by atoms with Crippen molar-refractivity contribution >= 4 is 10.9 Å². The van der Waals surface area contributed by atoms with Gasteiger partial charge in [0.2, 0.25) is 0 Å². The Labute approximate surface area is 148 Å². The molecule has 0 saturated carbocycles. The first kappa shape index (κ1) is 16.0. The molecule has 0 amide bonds. The Hall–Kier alpha value is -2.52. The summed E-state index contributed by atoms with van der Waals surface area (Å²) in [6.07, 6.45) is 5.25. The van der Waals surface area contributed by atoms with Gasteiger partial charge in [0.15, 0.2) is 0 Å². The highest BCUT2D eigenvalue weighted by atomic mass is 16.3. The molecule has 128 valence electrons. The molecule has 0 radical (unpaired) electrons. The zero-order valence-corrected chi connectivity index (χ0v) is 14.8. The van der Waals surface area contributed by atoms with E-state index in [9.17, 15) is 5.11 Å². The quantitative estimate of drug-likeness (QED) is 0.667. The third-order valence-corrected chi connectivity index (χ3v) is 5.37.